The van der Waals surface area contributed by atoms with E-state index in [1.165, 1.54) is 5.69 Å². The summed E-state index contributed by atoms with van der Waals surface area (Å²) in [6.07, 6.45) is 4.18. The second-order valence-electron chi connectivity index (χ2n) is 7.56. The van der Waals surface area contributed by atoms with Gasteiger partial charge in [-0.1, -0.05) is 23.4 Å². The van der Waals surface area contributed by atoms with E-state index >= 15 is 0 Å². The van der Waals surface area contributed by atoms with Gasteiger partial charge in [-0.3, -0.25) is 14.6 Å². The lowest BCUT2D eigenvalue weighted by molar-refractivity contribution is -0.131. The highest BCUT2D eigenvalue weighted by atomic mass is 16.5. The van der Waals surface area contributed by atoms with Crippen LogP contribution in [0.15, 0.2) is 59.4 Å². The van der Waals surface area contributed by atoms with Gasteiger partial charge in [0.1, 0.15) is 0 Å². The molecule has 32 heavy (non-hydrogen) atoms. The normalized spacial score (nSPS) is 13.8. The Morgan fingerprint density at radius 3 is 2.56 bits per heavy atom. The number of hydrogen-bond acceptors (Lipinski definition) is 7. The molecule has 3 aromatic rings. The van der Waals surface area contributed by atoms with Gasteiger partial charge in [0, 0.05) is 75.6 Å². The van der Waals surface area contributed by atoms with Crippen molar-refractivity contribution in [3.05, 3.63) is 60.7 Å². The predicted molar refractivity (Wildman–Crippen MR) is 119 cm³/mol. The first-order valence-electron chi connectivity index (χ1n) is 10.8. The highest BCUT2D eigenvalue weighted by Crippen LogP contribution is 2.16. The summed E-state index contributed by atoms with van der Waals surface area (Å²) >= 11 is 0. The molecule has 1 aliphatic heterocycles. The summed E-state index contributed by atoms with van der Waals surface area (Å²) in [5.74, 6) is 0.765. The number of nitrogens with one attached hydrogen (secondary N) is 1. The zero-order valence-electron chi connectivity index (χ0n) is 17.8. The maximum absolute atomic E-state index is 12.5. The topological polar surface area (TPSA) is 104 Å². The lowest BCUT2D eigenvalue weighted by Crippen LogP contribution is -2.49. The number of hydrogen-bond donors (Lipinski definition) is 1. The van der Waals surface area contributed by atoms with E-state index in [1.807, 2.05) is 29.2 Å². The minimum absolute atomic E-state index is 0.0658. The highest BCUT2D eigenvalue weighted by molar-refractivity contribution is 5.79. The maximum atomic E-state index is 12.5. The number of carbonyl (C=O) groups excluding carboxylic acids is 2. The first-order valence-corrected chi connectivity index (χ1v) is 10.8. The second kappa shape index (κ2) is 10.5. The molecule has 1 aliphatic rings. The Kier molecular flexibility index (Phi) is 7.06. The van der Waals surface area contributed by atoms with Gasteiger partial charge in [0.25, 0.3) is 0 Å². The van der Waals surface area contributed by atoms with Crippen molar-refractivity contribution in [3.8, 4) is 11.4 Å². The number of rotatable bonds is 8. The fraction of sp³-hybridized carbons (Fsp3) is 0.348. The van der Waals surface area contributed by atoms with Crippen molar-refractivity contribution >= 4 is 17.5 Å². The van der Waals surface area contributed by atoms with Crippen LogP contribution in [0.4, 0.5) is 5.69 Å². The van der Waals surface area contributed by atoms with Gasteiger partial charge >= 0.3 is 0 Å². The second-order valence-corrected chi connectivity index (χ2v) is 7.56. The third-order valence-corrected chi connectivity index (χ3v) is 5.37. The molecular weight excluding hydrogens is 408 g/mol. The summed E-state index contributed by atoms with van der Waals surface area (Å²) in [6, 6.07) is 13.8. The van der Waals surface area contributed by atoms with Crippen LogP contribution >= 0.6 is 0 Å². The molecule has 2 aromatic heterocycles. The first kappa shape index (κ1) is 21.5. The molecular formula is C23H26N6O3. The number of para-hydroxylation sites is 1. The van der Waals surface area contributed by atoms with Crippen molar-refractivity contribution in [3.63, 3.8) is 0 Å². The van der Waals surface area contributed by atoms with E-state index in [0.29, 0.717) is 44.2 Å². The van der Waals surface area contributed by atoms with Crippen LogP contribution in [-0.2, 0) is 16.0 Å². The Labute approximate surface area is 186 Å². The highest BCUT2D eigenvalue weighted by Gasteiger charge is 2.21. The minimum Gasteiger partial charge on any atom is -0.368 e. The van der Waals surface area contributed by atoms with E-state index in [2.05, 4.69) is 37.5 Å². The minimum atomic E-state index is -0.146. The zero-order valence-corrected chi connectivity index (χ0v) is 17.8. The molecule has 0 saturated carbocycles. The first-order chi connectivity index (χ1) is 15.7. The number of pyridine rings is 1. The van der Waals surface area contributed by atoms with Crippen molar-refractivity contribution in [2.24, 2.45) is 0 Å². The molecule has 0 radical (unpaired) electrons. The molecule has 1 N–H and O–H groups in total. The van der Waals surface area contributed by atoms with E-state index in [0.717, 1.165) is 18.7 Å². The predicted octanol–water partition coefficient (Wildman–Crippen LogP) is 1.92. The van der Waals surface area contributed by atoms with Crippen LogP contribution < -0.4 is 10.2 Å². The standard InChI is InChI=1S/C23H26N6O3/c30-20(8-9-21-26-23(27-32-21)18-5-4-11-24-17-18)25-12-10-22(31)29-15-13-28(14-16-29)19-6-2-1-3-7-19/h1-7,11,17H,8-10,12-16H2,(H,25,30). The molecule has 9 nitrogen and oxygen atoms in total. The van der Waals surface area contributed by atoms with Crippen LogP contribution in [0, 0.1) is 0 Å². The van der Waals surface area contributed by atoms with Crippen molar-refractivity contribution in [2.45, 2.75) is 19.3 Å². The van der Waals surface area contributed by atoms with E-state index in [1.54, 1.807) is 18.5 Å². The quantitative estimate of drug-likeness (QED) is 0.577. The Morgan fingerprint density at radius 1 is 1.00 bits per heavy atom. The van der Waals surface area contributed by atoms with Gasteiger partial charge in [0.2, 0.25) is 23.5 Å². The Hall–Kier alpha value is -3.75. The number of amides is 2. The number of anilines is 1. The molecule has 1 aromatic carbocycles. The lowest BCUT2D eigenvalue weighted by atomic mass is 10.2. The molecule has 0 bridgehead atoms. The maximum Gasteiger partial charge on any atom is 0.227 e. The van der Waals surface area contributed by atoms with Gasteiger partial charge in [-0.15, -0.1) is 0 Å². The number of aryl methyl sites for hydroxylation is 1. The molecule has 166 valence electrons. The smallest absolute Gasteiger partial charge is 0.227 e. The van der Waals surface area contributed by atoms with Crippen molar-refractivity contribution in [2.75, 3.05) is 37.6 Å². The average Bonchev–Trinajstić information content (AvgIpc) is 3.33. The van der Waals surface area contributed by atoms with E-state index in [9.17, 15) is 9.59 Å². The molecule has 4 rings (SSSR count). The number of benzene rings is 1. The summed E-state index contributed by atoms with van der Waals surface area (Å²) in [6.45, 7) is 3.33. The fourth-order valence-corrected chi connectivity index (χ4v) is 3.60. The summed E-state index contributed by atoms with van der Waals surface area (Å²) in [4.78, 5) is 37.0. The van der Waals surface area contributed by atoms with E-state index in [-0.39, 0.29) is 18.2 Å². The SMILES string of the molecule is O=C(CCc1nc(-c2cccnc2)no1)NCCC(=O)N1CCN(c2ccccc2)CC1. The fourth-order valence-electron chi connectivity index (χ4n) is 3.60. The van der Waals surface area contributed by atoms with Gasteiger partial charge < -0.3 is 19.6 Å². The van der Waals surface area contributed by atoms with Gasteiger partial charge in [-0.05, 0) is 24.3 Å². The van der Waals surface area contributed by atoms with Crippen LogP contribution in [0.5, 0.6) is 0 Å². The third kappa shape index (κ3) is 5.69. The molecule has 0 spiro atoms. The van der Waals surface area contributed by atoms with Crippen LogP contribution in [0.2, 0.25) is 0 Å². The molecule has 9 heteroatoms. The van der Waals surface area contributed by atoms with Gasteiger partial charge in [0.05, 0.1) is 0 Å². The molecule has 3 heterocycles. The molecule has 0 atom stereocenters. The summed E-state index contributed by atoms with van der Waals surface area (Å²) in [7, 11) is 0. The molecule has 0 unspecified atom stereocenters. The van der Waals surface area contributed by atoms with Gasteiger partial charge in [-0.2, -0.15) is 4.98 Å². The monoisotopic (exact) mass is 434 g/mol. The zero-order chi connectivity index (χ0) is 22.2. The molecule has 1 saturated heterocycles. The van der Waals surface area contributed by atoms with Gasteiger partial charge in [-0.25, -0.2) is 0 Å². The molecule has 1 fully saturated rings. The van der Waals surface area contributed by atoms with E-state index in [4.69, 9.17) is 4.52 Å². The Balaban J connectivity index is 1.13. The summed E-state index contributed by atoms with van der Waals surface area (Å²) in [5, 5.41) is 6.71. The number of piperazine rings is 1. The average molecular weight is 435 g/mol. The van der Waals surface area contributed by atoms with Crippen molar-refractivity contribution < 1.29 is 14.1 Å². The van der Waals surface area contributed by atoms with Crippen LogP contribution in [0.25, 0.3) is 11.4 Å². The lowest BCUT2D eigenvalue weighted by Gasteiger charge is -2.36. The number of carbonyl (C=O) groups is 2. The van der Waals surface area contributed by atoms with Gasteiger partial charge in [0.15, 0.2) is 0 Å². The number of aromatic nitrogens is 3. The Morgan fingerprint density at radius 2 is 1.81 bits per heavy atom. The number of nitrogens with zero attached hydrogens (tertiary/aromatic N) is 5. The van der Waals surface area contributed by atoms with Crippen LogP contribution in [0.3, 0.4) is 0 Å². The largest absolute Gasteiger partial charge is 0.368 e. The molecule has 2 amide bonds. The summed E-state index contributed by atoms with van der Waals surface area (Å²) < 4.78 is 5.20. The Bertz CT molecular complexity index is 1020. The van der Waals surface area contributed by atoms with Crippen molar-refractivity contribution in [1.82, 2.24) is 25.3 Å². The van der Waals surface area contributed by atoms with E-state index < -0.39 is 0 Å². The van der Waals surface area contributed by atoms with Crippen molar-refractivity contribution in [1.29, 1.82) is 0 Å². The third-order valence-electron chi connectivity index (χ3n) is 5.37. The van der Waals surface area contributed by atoms with Crippen LogP contribution in [-0.4, -0.2) is 64.6 Å². The molecule has 0 aliphatic carbocycles. The summed E-state index contributed by atoms with van der Waals surface area (Å²) in [5.41, 5.74) is 1.94. The van der Waals surface area contributed by atoms with Crippen LogP contribution in [0.1, 0.15) is 18.7 Å².